The van der Waals surface area contributed by atoms with E-state index >= 15 is 0 Å². The van der Waals surface area contributed by atoms with Gasteiger partial charge in [0.1, 0.15) is 11.5 Å². The minimum absolute atomic E-state index is 0.0169. The van der Waals surface area contributed by atoms with Crippen LogP contribution in [-0.2, 0) is 22.4 Å². The molecule has 42 heavy (non-hydrogen) atoms. The van der Waals surface area contributed by atoms with Crippen LogP contribution in [-0.4, -0.2) is 66.1 Å². The van der Waals surface area contributed by atoms with E-state index in [2.05, 4.69) is 11.4 Å². The van der Waals surface area contributed by atoms with Gasteiger partial charge in [-0.2, -0.15) is 0 Å². The van der Waals surface area contributed by atoms with Gasteiger partial charge in [0.05, 0.1) is 12.6 Å². The topological polar surface area (TPSA) is 125 Å². The van der Waals surface area contributed by atoms with Crippen LogP contribution in [0.5, 0.6) is 11.5 Å². The molecule has 1 unspecified atom stereocenters. The molecule has 3 aromatic rings. The monoisotopic (exact) mass is 570 g/mol. The van der Waals surface area contributed by atoms with Crippen molar-refractivity contribution < 1.29 is 24.2 Å². The molecule has 4 N–H and O–H groups in total. The van der Waals surface area contributed by atoms with E-state index in [0.717, 1.165) is 30.5 Å². The summed E-state index contributed by atoms with van der Waals surface area (Å²) in [6.45, 7) is 2.06. The highest BCUT2D eigenvalue weighted by atomic mass is 16.5. The predicted octanol–water partition coefficient (Wildman–Crippen LogP) is 3.43. The number of rotatable bonds is 10. The summed E-state index contributed by atoms with van der Waals surface area (Å²) >= 11 is 0. The number of para-hydroxylation sites is 1. The SMILES string of the molecule is NC(Cc1ccc(O)cc1)C(=O)NCCCOc1ccc(C(=O)N2CCC(N3C(=O)CCc4ccccc43)CC2)cc1. The van der Waals surface area contributed by atoms with Crippen molar-refractivity contribution in [2.24, 2.45) is 5.73 Å². The lowest BCUT2D eigenvalue weighted by molar-refractivity contribution is -0.122. The van der Waals surface area contributed by atoms with Gasteiger partial charge in [-0.1, -0.05) is 30.3 Å². The third kappa shape index (κ3) is 7.09. The number of benzene rings is 3. The van der Waals surface area contributed by atoms with E-state index in [1.807, 2.05) is 28.0 Å². The second-order valence-corrected chi connectivity index (χ2v) is 10.9. The first-order valence-electron chi connectivity index (χ1n) is 14.6. The summed E-state index contributed by atoms with van der Waals surface area (Å²) in [5.74, 6) is 0.750. The van der Waals surface area contributed by atoms with Gasteiger partial charge in [0.15, 0.2) is 0 Å². The molecular weight excluding hydrogens is 532 g/mol. The van der Waals surface area contributed by atoms with Gasteiger partial charge in [-0.15, -0.1) is 0 Å². The minimum Gasteiger partial charge on any atom is -0.508 e. The van der Waals surface area contributed by atoms with Crippen LogP contribution in [0, 0.1) is 0 Å². The smallest absolute Gasteiger partial charge is 0.253 e. The molecule has 0 saturated carbocycles. The molecule has 0 radical (unpaired) electrons. The number of likely N-dealkylation sites (tertiary alicyclic amines) is 1. The lowest BCUT2D eigenvalue weighted by Gasteiger charge is -2.41. The summed E-state index contributed by atoms with van der Waals surface area (Å²) in [7, 11) is 0. The molecule has 2 aliphatic heterocycles. The van der Waals surface area contributed by atoms with Crippen LogP contribution >= 0.6 is 0 Å². The number of aryl methyl sites for hydroxylation is 1. The molecule has 9 nitrogen and oxygen atoms in total. The van der Waals surface area contributed by atoms with Crippen molar-refractivity contribution in [1.82, 2.24) is 10.2 Å². The van der Waals surface area contributed by atoms with Gasteiger partial charge in [0.25, 0.3) is 5.91 Å². The molecule has 0 bridgehead atoms. The number of nitrogens with one attached hydrogen (secondary N) is 1. The Hall–Kier alpha value is -4.37. The summed E-state index contributed by atoms with van der Waals surface area (Å²) < 4.78 is 5.79. The Kier molecular flexibility index (Phi) is 9.38. The number of carbonyl (C=O) groups is 3. The van der Waals surface area contributed by atoms with Crippen molar-refractivity contribution in [3.63, 3.8) is 0 Å². The van der Waals surface area contributed by atoms with E-state index in [1.54, 1.807) is 48.5 Å². The average molecular weight is 571 g/mol. The molecule has 3 amide bonds. The number of aromatic hydroxyl groups is 1. The minimum atomic E-state index is -0.671. The van der Waals surface area contributed by atoms with Crippen LogP contribution in [0.1, 0.15) is 47.2 Å². The van der Waals surface area contributed by atoms with E-state index in [-0.39, 0.29) is 29.5 Å². The number of anilines is 1. The van der Waals surface area contributed by atoms with E-state index in [9.17, 15) is 19.5 Å². The van der Waals surface area contributed by atoms with E-state index in [0.29, 0.717) is 56.8 Å². The lowest BCUT2D eigenvalue weighted by atomic mass is 9.95. The molecule has 220 valence electrons. The number of hydrogen-bond acceptors (Lipinski definition) is 6. The van der Waals surface area contributed by atoms with Gasteiger partial charge in [0, 0.05) is 43.3 Å². The molecule has 0 spiro atoms. The van der Waals surface area contributed by atoms with Crippen molar-refractivity contribution >= 4 is 23.4 Å². The maximum Gasteiger partial charge on any atom is 0.253 e. The third-order valence-electron chi connectivity index (χ3n) is 7.96. The molecule has 1 saturated heterocycles. The summed E-state index contributed by atoms with van der Waals surface area (Å²) in [5, 5.41) is 12.2. The first-order valence-corrected chi connectivity index (χ1v) is 14.6. The maximum absolute atomic E-state index is 13.1. The van der Waals surface area contributed by atoms with E-state index in [1.165, 1.54) is 5.56 Å². The van der Waals surface area contributed by atoms with Gasteiger partial charge in [-0.25, -0.2) is 0 Å². The summed E-state index contributed by atoms with van der Waals surface area (Å²) in [6.07, 6.45) is 3.83. The highest BCUT2D eigenvalue weighted by Gasteiger charge is 2.33. The number of ether oxygens (including phenoxy) is 1. The fourth-order valence-electron chi connectivity index (χ4n) is 5.64. The molecule has 2 aliphatic rings. The van der Waals surface area contributed by atoms with Gasteiger partial charge in [-0.3, -0.25) is 14.4 Å². The van der Waals surface area contributed by atoms with E-state index in [4.69, 9.17) is 10.5 Å². The van der Waals surface area contributed by atoms with Crippen LogP contribution in [0.15, 0.2) is 72.8 Å². The number of hydrogen-bond donors (Lipinski definition) is 3. The second-order valence-electron chi connectivity index (χ2n) is 10.9. The number of carbonyl (C=O) groups excluding carboxylic acids is 3. The molecule has 2 heterocycles. The molecular formula is C33H38N4O5. The van der Waals surface area contributed by atoms with Crippen LogP contribution in [0.4, 0.5) is 5.69 Å². The number of nitrogens with zero attached hydrogens (tertiary/aromatic N) is 2. The molecule has 1 atom stereocenters. The fourth-order valence-corrected chi connectivity index (χ4v) is 5.64. The Bertz CT molecular complexity index is 1380. The number of fused-ring (bicyclic) bond motifs is 1. The van der Waals surface area contributed by atoms with Gasteiger partial charge in [-0.05, 0) is 85.7 Å². The van der Waals surface area contributed by atoms with Crippen molar-refractivity contribution in [1.29, 1.82) is 0 Å². The van der Waals surface area contributed by atoms with Crippen LogP contribution in [0.25, 0.3) is 0 Å². The molecule has 1 fully saturated rings. The maximum atomic E-state index is 13.1. The van der Waals surface area contributed by atoms with Crippen LogP contribution in [0.2, 0.25) is 0 Å². The number of phenols is 1. The van der Waals surface area contributed by atoms with Gasteiger partial charge >= 0.3 is 0 Å². The second kappa shape index (κ2) is 13.5. The van der Waals surface area contributed by atoms with Crippen molar-refractivity contribution in [3.8, 4) is 11.5 Å². The molecule has 3 aromatic carbocycles. The highest BCUT2D eigenvalue weighted by Crippen LogP contribution is 2.32. The predicted molar refractivity (Wildman–Crippen MR) is 161 cm³/mol. The van der Waals surface area contributed by atoms with Crippen LogP contribution < -0.4 is 20.7 Å². The summed E-state index contributed by atoms with van der Waals surface area (Å²) in [5.41, 5.74) is 9.72. The lowest BCUT2D eigenvalue weighted by Crippen LogP contribution is -2.50. The number of nitrogens with two attached hydrogens (primary N) is 1. The zero-order valence-corrected chi connectivity index (χ0v) is 23.7. The Balaban J connectivity index is 1.02. The van der Waals surface area contributed by atoms with Crippen LogP contribution in [0.3, 0.4) is 0 Å². The quantitative estimate of drug-likeness (QED) is 0.321. The van der Waals surface area contributed by atoms with Crippen molar-refractivity contribution in [2.45, 2.75) is 50.6 Å². The largest absolute Gasteiger partial charge is 0.508 e. The molecule has 0 aromatic heterocycles. The fraction of sp³-hybridized carbons (Fsp3) is 0.364. The Morgan fingerprint density at radius 2 is 1.69 bits per heavy atom. The number of amides is 3. The first-order chi connectivity index (χ1) is 20.4. The average Bonchev–Trinajstić information content (AvgIpc) is 3.02. The standard InChI is InChI=1S/C33H38N4O5/c34-29(22-23-6-11-27(38)12-7-23)32(40)35-18-3-21-42-28-13-8-25(9-14-28)33(41)36-19-16-26(17-20-36)37-30-5-2-1-4-24(30)10-15-31(37)39/h1-2,4-9,11-14,26,29,38H,3,10,15-22,34H2,(H,35,40). The normalized spacial score (nSPS) is 16.1. The van der Waals surface area contributed by atoms with Crippen molar-refractivity contribution in [2.75, 3.05) is 31.1 Å². The molecule has 0 aliphatic carbocycles. The van der Waals surface area contributed by atoms with E-state index < -0.39 is 6.04 Å². The number of phenolic OH excluding ortho intramolecular Hbond substituents is 1. The zero-order valence-electron chi connectivity index (χ0n) is 23.7. The molecule has 9 heteroatoms. The zero-order chi connectivity index (χ0) is 29.5. The Labute approximate surface area is 246 Å². The molecule has 5 rings (SSSR count). The third-order valence-corrected chi connectivity index (χ3v) is 7.96. The highest BCUT2D eigenvalue weighted by molar-refractivity contribution is 5.97. The summed E-state index contributed by atoms with van der Waals surface area (Å²) in [4.78, 5) is 42.0. The van der Waals surface area contributed by atoms with Crippen molar-refractivity contribution in [3.05, 3.63) is 89.5 Å². The summed E-state index contributed by atoms with van der Waals surface area (Å²) in [6, 6.07) is 21.3. The Morgan fingerprint density at radius 1 is 0.976 bits per heavy atom. The number of piperidine rings is 1. The Morgan fingerprint density at radius 3 is 2.43 bits per heavy atom. The van der Waals surface area contributed by atoms with Gasteiger partial charge < -0.3 is 30.7 Å². The first kappa shape index (κ1) is 29.1. The van der Waals surface area contributed by atoms with Gasteiger partial charge in [0.2, 0.25) is 11.8 Å².